The summed E-state index contributed by atoms with van der Waals surface area (Å²) in [6.07, 6.45) is 27.3. The molecular weight excluding hydrogens is 288 g/mol. The predicted octanol–water partition coefficient (Wildman–Crippen LogP) is 9.10. The van der Waals surface area contributed by atoms with Crippen molar-refractivity contribution in [2.24, 2.45) is 11.8 Å². The van der Waals surface area contributed by atoms with E-state index in [0.717, 1.165) is 11.8 Å². The van der Waals surface area contributed by atoms with Crippen molar-refractivity contribution in [2.45, 2.75) is 130 Å². The van der Waals surface area contributed by atoms with Crippen molar-refractivity contribution in [2.75, 3.05) is 0 Å². The molecule has 0 fully saturated rings. The van der Waals surface area contributed by atoms with Crippen LogP contribution in [0, 0.1) is 11.8 Å². The molecule has 0 N–H and O–H groups in total. The first kappa shape index (κ1) is 23.7. The molecule has 0 heterocycles. The van der Waals surface area contributed by atoms with E-state index in [1.54, 1.807) is 0 Å². The molecule has 0 aliphatic carbocycles. The summed E-state index contributed by atoms with van der Waals surface area (Å²) in [5.74, 6) is 1.92. The van der Waals surface area contributed by atoms with Gasteiger partial charge in [0.25, 0.3) is 0 Å². The molecule has 0 aliphatic heterocycles. The fourth-order valence-corrected chi connectivity index (χ4v) is 3.66. The molecule has 0 aromatic heterocycles. The van der Waals surface area contributed by atoms with Crippen molar-refractivity contribution in [1.29, 1.82) is 0 Å². The Balaban J connectivity index is 3.64. The molecule has 0 aromatic rings. The van der Waals surface area contributed by atoms with E-state index >= 15 is 0 Å². The van der Waals surface area contributed by atoms with Crippen LogP contribution in [-0.4, -0.2) is 0 Å². The minimum absolute atomic E-state index is 0.930. The van der Waals surface area contributed by atoms with Gasteiger partial charge in [-0.25, -0.2) is 0 Å². The van der Waals surface area contributed by atoms with Crippen LogP contribution in [0.1, 0.15) is 130 Å². The van der Waals surface area contributed by atoms with E-state index in [4.69, 9.17) is 0 Å². The molecule has 0 aliphatic rings. The van der Waals surface area contributed by atoms with Gasteiger partial charge in [0.15, 0.2) is 0 Å². The van der Waals surface area contributed by atoms with Crippen molar-refractivity contribution in [1.82, 2.24) is 0 Å². The summed E-state index contributed by atoms with van der Waals surface area (Å²) in [7, 11) is 0. The third-order valence-electron chi connectivity index (χ3n) is 5.69. The third-order valence-corrected chi connectivity index (χ3v) is 5.69. The van der Waals surface area contributed by atoms with Crippen molar-refractivity contribution < 1.29 is 0 Å². The van der Waals surface area contributed by atoms with E-state index in [-0.39, 0.29) is 0 Å². The van der Waals surface area contributed by atoms with E-state index in [0.29, 0.717) is 0 Å². The molecule has 144 valence electrons. The SMILES string of the molecule is CCC/C=C/CCCCCCCC(CCCCCCC)C(C)CC. The van der Waals surface area contributed by atoms with E-state index in [1.807, 2.05) is 0 Å². The Bertz CT molecular complexity index is 253. The highest BCUT2D eigenvalue weighted by Crippen LogP contribution is 2.27. The van der Waals surface area contributed by atoms with E-state index in [1.165, 1.54) is 103 Å². The van der Waals surface area contributed by atoms with Gasteiger partial charge in [0, 0.05) is 0 Å². The minimum atomic E-state index is 0.930. The van der Waals surface area contributed by atoms with Crippen molar-refractivity contribution in [3.05, 3.63) is 12.2 Å². The lowest BCUT2D eigenvalue weighted by Crippen LogP contribution is -2.11. The lowest BCUT2D eigenvalue weighted by Gasteiger charge is -2.23. The summed E-state index contributed by atoms with van der Waals surface area (Å²) < 4.78 is 0. The van der Waals surface area contributed by atoms with Gasteiger partial charge in [-0.3, -0.25) is 0 Å². The second-order valence-corrected chi connectivity index (χ2v) is 7.95. The van der Waals surface area contributed by atoms with E-state index < -0.39 is 0 Å². The number of allylic oxidation sites excluding steroid dienone is 2. The molecule has 0 amide bonds. The Morgan fingerprint density at radius 3 is 1.71 bits per heavy atom. The molecule has 0 spiro atoms. The first-order chi connectivity index (χ1) is 11.8. The summed E-state index contributed by atoms with van der Waals surface area (Å²) in [5, 5.41) is 0. The molecule has 0 rings (SSSR count). The predicted molar refractivity (Wildman–Crippen MR) is 113 cm³/mol. The average molecular weight is 337 g/mol. The smallest absolute Gasteiger partial charge is 0.0351 e. The zero-order valence-electron chi connectivity index (χ0n) is 17.6. The summed E-state index contributed by atoms with van der Waals surface area (Å²) in [6, 6.07) is 0. The highest BCUT2D eigenvalue weighted by molar-refractivity contribution is 4.80. The van der Waals surface area contributed by atoms with Crippen LogP contribution in [0.3, 0.4) is 0 Å². The fourth-order valence-electron chi connectivity index (χ4n) is 3.66. The highest BCUT2D eigenvalue weighted by Gasteiger charge is 2.14. The topological polar surface area (TPSA) is 0 Å². The molecular formula is C24H48. The summed E-state index contributed by atoms with van der Waals surface area (Å²) in [4.78, 5) is 0. The van der Waals surface area contributed by atoms with Gasteiger partial charge in [0.2, 0.25) is 0 Å². The third kappa shape index (κ3) is 15.3. The molecule has 0 aromatic carbocycles. The van der Waals surface area contributed by atoms with Crippen LogP contribution in [0.5, 0.6) is 0 Å². The van der Waals surface area contributed by atoms with Gasteiger partial charge >= 0.3 is 0 Å². The number of hydrogen-bond acceptors (Lipinski definition) is 0. The van der Waals surface area contributed by atoms with Gasteiger partial charge in [-0.15, -0.1) is 0 Å². The van der Waals surface area contributed by atoms with Crippen molar-refractivity contribution in [3.63, 3.8) is 0 Å². The Morgan fingerprint density at radius 1 is 0.583 bits per heavy atom. The maximum absolute atomic E-state index is 2.49. The first-order valence-electron chi connectivity index (χ1n) is 11.4. The highest BCUT2D eigenvalue weighted by atomic mass is 14.2. The van der Waals surface area contributed by atoms with E-state index in [9.17, 15) is 0 Å². The molecule has 0 nitrogen and oxygen atoms in total. The summed E-state index contributed by atoms with van der Waals surface area (Å²) in [6.45, 7) is 9.42. The van der Waals surface area contributed by atoms with Gasteiger partial charge in [0.1, 0.15) is 0 Å². The number of rotatable bonds is 18. The fraction of sp³-hybridized carbons (Fsp3) is 0.917. The zero-order valence-corrected chi connectivity index (χ0v) is 17.6. The maximum Gasteiger partial charge on any atom is -0.0351 e. The van der Waals surface area contributed by atoms with Gasteiger partial charge in [-0.2, -0.15) is 0 Å². The first-order valence-corrected chi connectivity index (χ1v) is 11.4. The standard InChI is InChI=1S/C24H48/c1-5-8-10-12-13-14-15-16-18-20-22-24(23(4)7-3)21-19-17-11-9-6-2/h10,12,23-24H,5-9,11,13-22H2,1-4H3/b12-10+. The van der Waals surface area contributed by atoms with Gasteiger partial charge in [-0.1, -0.05) is 123 Å². The Morgan fingerprint density at radius 2 is 1.12 bits per heavy atom. The quantitative estimate of drug-likeness (QED) is 0.173. The Hall–Kier alpha value is -0.260. The molecule has 2 atom stereocenters. The van der Waals surface area contributed by atoms with Crippen molar-refractivity contribution >= 4 is 0 Å². The molecule has 0 radical (unpaired) electrons. The van der Waals surface area contributed by atoms with E-state index in [2.05, 4.69) is 39.8 Å². The van der Waals surface area contributed by atoms with Gasteiger partial charge < -0.3 is 0 Å². The summed E-state index contributed by atoms with van der Waals surface area (Å²) in [5.41, 5.74) is 0. The molecule has 0 bridgehead atoms. The van der Waals surface area contributed by atoms with Crippen LogP contribution >= 0.6 is 0 Å². The summed E-state index contributed by atoms with van der Waals surface area (Å²) >= 11 is 0. The van der Waals surface area contributed by atoms with Crippen LogP contribution in [0.4, 0.5) is 0 Å². The van der Waals surface area contributed by atoms with Crippen LogP contribution in [-0.2, 0) is 0 Å². The van der Waals surface area contributed by atoms with Gasteiger partial charge in [-0.05, 0) is 31.1 Å². The lowest BCUT2D eigenvalue weighted by atomic mass is 9.83. The molecule has 0 saturated heterocycles. The van der Waals surface area contributed by atoms with Crippen LogP contribution in [0.2, 0.25) is 0 Å². The minimum Gasteiger partial charge on any atom is -0.0885 e. The molecule has 24 heavy (non-hydrogen) atoms. The number of hydrogen-bond donors (Lipinski definition) is 0. The van der Waals surface area contributed by atoms with Crippen LogP contribution in [0.25, 0.3) is 0 Å². The molecule has 0 heteroatoms. The van der Waals surface area contributed by atoms with Crippen LogP contribution < -0.4 is 0 Å². The number of unbranched alkanes of at least 4 members (excludes halogenated alkanes) is 10. The maximum atomic E-state index is 2.49. The lowest BCUT2D eigenvalue weighted by molar-refractivity contribution is 0.288. The van der Waals surface area contributed by atoms with Gasteiger partial charge in [0.05, 0.1) is 0 Å². The normalized spacial score (nSPS) is 14.3. The molecule has 0 saturated carbocycles. The molecule has 2 unspecified atom stereocenters. The van der Waals surface area contributed by atoms with Crippen LogP contribution in [0.15, 0.2) is 12.2 Å². The largest absolute Gasteiger partial charge is 0.0885 e. The van der Waals surface area contributed by atoms with Crippen molar-refractivity contribution in [3.8, 4) is 0 Å². The second-order valence-electron chi connectivity index (χ2n) is 7.95. The zero-order chi connectivity index (χ0) is 17.9. The average Bonchev–Trinajstić information content (AvgIpc) is 2.60. The monoisotopic (exact) mass is 336 g/mol. The Kier molecular flexibility index (Phi) is 18.9. The Labute approximate surface area is 154 Å². The second kappa shape index (κ2) is 19.1.